The minimum atomic E-state index is -0.755. The summed E-state index contributed by atoms with van der Waals surface area (Å²) in [6, 6.07) is 17.4. The number of carbonyl (C=O) groups excluding carboxylic acids is 2. The van der Waals surface area contributed by atoms with Gasteiger partial charge in [0.15, 0.2) is 6.10 Å². The number of amides is 2. The Morgan fingerprint density at radius 1 is 0.960 bits per heavy atom. The smallest absolute Gasteiger partial charge is 0.279 e. The SMILES string of the molecule is CCOCC(=O)NNC(=O)C(C)Oc1ccc(-c2ccccc2)cc1. The van der Waals surface area contributed by atoms with Crippen molar-refractivity contribution in [3.05, 3.63) is 54.6 Å². The molecule has 6 nitrogen and oxygen atoms in total. The van der Waals surface area contributed by atoms with E-state index < -0.39 is 17.9 Å². The summed E-state index contributed by atoms with van der Waals surface area (Å²) in [7, 11) is 0. The minimum Gasteiger partial charge on any atom is -0.481 e. The third-order valence-corrected chi connectivity index (χ3v) is 3.41. The summed E-state index contributed by atoms with van der Waals surface area (Å²) in [4.78, 5) is 23.3. The molecule has 2 amide bonds. The first kappa shape index (κ1) is 18.5. The van der Waals surface area contributed by atoms with Crippen LogP contribution in [0.15, 0.2) is 54.6 Å². The molecule has 0 spiro atoms. The zero-order chi connectivity index (χ0) is 18.1. The summed E-state index contributed by atoms with van der Waals surface area (Å²) in [6.07, 6.45) is -0.755. The number of hydrogen-bond acceptors (Lipinski definition) is 4. The van der Waals surface area contributed by atoms with E-state index in [1.807, 2.05) is 42.5 Å². The van der Waals surface area contributed by atoms with Crippen LogP contribution < -0.4 is 15.6 Å². The highest BCUT2D eigenvalue weighted by molar-refractivity contribution is 5.85. The average molecular weight is 342 g/mol. The predicted molar refractivity (Wildman–Crippen MR) is 94.7 cm³/mol. The van der Waals surface area contributed by atoms with Crippen LogP contribution in [0.25, 0.3) is 11.1 Å². The minimum absolute atomic E-state index is 0.104. The lowest BCUT2D eigenvalue weighted by atomic mass is 10.1. The van der Waals surface area contributed by atoms with Gasteiger partial charge in [-0.05, 0) is 37.1 Å². The molecule has 0 aromatic heterocycles. The quantitative estimate of drug-likeness (QED) is 0.757. The van der Waals surface area contributed by atoms with Crippen molar-refractivity contribution >= 4 is 11.8 Å². The van der Waals surface area contributed by atoms with Gasteiger partial charge in [0.25, 0.3) is 11.8 Å². The van der Waals surface area contributed by atoms with Gasteiger partial charge in [0.1, 0.15) is 12.4 Å². The molecule has 0 saturated carbocycles. The molecule has 1 atom stereocenters. The second-order valence-corrected chi connectivity index (χ2v) is 5.33. The highest BCUT2D eigenvalue weighted by atomic mass is 16.5. The van der Waals surface area contributed by atoms with Gasteiger partial charge in [-0.2, -0.15) is 0 Å². The van der Waals surface area contributed by atoms with Crippen LogP contribution in [0.2, 0.25) is 0 Å². The lowest BCUT2D eigenvalue weighted by Crippen LogP contribution is -2.48. The summed E-state index contributed by atoms with van der Waals surface area (Å²) in [5, 5.41) is 0. The van der Waals surface area contributed by atoms with Gasteiger partial charge in [-0.3, -0.25) is 20.4 Å². The van der Waals surface area contributed by atoms with Gasteiger partial charge >= 0.3 is 0 Å². The van der Waals surface area contributed by atoms with Crippen molar-refractivity contribution < 1.29 is 19.1 Å². The molecular weight excluding hydrogens is 320 g/mol. The van der Waals surface area contributed by atoms with Crippen LogP contribution >= 0.6 is 0 Å². The van der Waals surface area contributed by atoms with E-state index in [0.29, 0.717) is 12.4 Å². The molecule has 2 rings (SSSR count). The van der Waals surface area contributed by atoms with Gasteiger partial charge in [-0.15, -0.1) is 0 Å². The van der Waals surface area contributed by atoms with E-state index in [4.69, 9.17) is 9.47 Å². The monoisotopic (exact) mass is 342 g/mol. The van der Waals surface area contributed by atoms with Gasteiger partial charge in [0.2, 0.25) is 0 Å². The molecule has 1 unspecified atom stereocenters. The van der Waals surface area contributed by atoms with Crippen molar-refractivity contribution in [1.29, 1.82) is 0 Å². The Kier molecular flexibility index (Phi) is 6.98. The summed E-state index contributed by atoms with van der Waals surface area (Å²) >= 11 is 0. The molecule has 0 bridgehead atoms. The van der Waals surface area contributed by atoms with E-state index in [9.17, 15) is 9.59 Å². The van der Waals surface area contributed by atoms with Crippen molar-refractivity contribution in [2.75, 3.05) is 13.2 Å². The number of nitrogens with one attached hydrogen (secondary N) is 2. The fourth-order valence-corrected chi connectivity index (χ4v) is 2.08. The Balaban J connectivity index is 1.84. The molecule has 2 N–H and O–H groups in total. The summed E-state index contributed by atoms with van der Waals surface area (Å²) in [5.74, 6) is -0.297. The molecular formula is C19H22N2O4. The first-order chi connectivity index (χ1) is 12.1. The molecule has 0 aliphatic carbocycles. The molecule has 132 valence electrons. The number of benzene rings is 2. The van der Waals surface area contributed by atoms with Crippen molar-refractivity contribution in [1.82, 2.24) is 10.9 Å². The van der Waals surface area contributed by atoms with E-state index in [1.54, 1.807) is 26.0 Å². The third kappa shape index (κ3) is 5.93. The molecule has 2 aromatic carbocycles. The highest BCUT2D eigenvalue weighted by Gasteiger charge is 2.15. The molecule has 6 heteroatoms. The zero-order valence-corrected chi connectivity index (χ0v) is 14.3. The Morgan fingerprint density at radius 2 is 1.60 bits per heavy atom. The van der Waals surface area contributed by atoms with Crippen LogP contribution in [0, 0.1) is 0 Å². The van der Waals surface area contributed by atoms with E-state index in [2.05, 4.69) is 10.9 Å². The fourth-order valence-electron chi connectivity index (χ4n) is 2.08. The van der Waals surface area contributed by atoms with Crippen LogP contribution in [-0.2, 0) is 14.3 Å². The fraction of sp³-hybridized carbons (Fsp3) is 0.263. The maximum Gasteiger partial charge on any atom is 0.279 e. The van der Waals surface area contributed by atoms with Crippen LogP contribution in [0.4, 0.5) is 0 Å². The molecule has 0 aliphatic heterocycles. The van der Waals surface area contributed by atoms with E-state index in [-0.39, 0.29) is 6.61 Å². The largest absolute Gasteiger partial charge is 0.481 e. The Labute approximate surface area is 147 Å². The number of rotatable bonds is 7. The maximum atomic E-state index is 11.9. The van der Waals surface area contributed by atoms with Crippen LogP contribution in [0.3, 0.4) is 0 Å². The van der Waals surface area contributed by atoms with Crippen molar-refractivity contribution in [3.8, 4) is 16.9 Å². The third-order valence-electron chi connectivity index (χ3n) is 3.41. The number of carbonyl (C=O) groups is 2. The van der Waals surface area contributed by atoms with Crippen molar-refractivity contribution in [2.24, 2.45) is 0 Å². The van der Waals surface area contributed by atoms with Crippen molar-refractivity contribution in [2.45, 2.75) is 20.0 Å². The Bertz CT molecular complexity index is 686. The zero-order valence-electron chi connectivity index (χ0n) is 14.3. The van der Waals surface area contributed by atoms with Gasteiger partial charge < -0.3 is 9.47 Å². The van der Waals surface area contributed by atoms with Crippen LogP contribution in [0.1, 0.15) is 13.8 Å². The molecule has 2 aromatic rings. The highest BCUT2D eigenvalue weighted by Crippen LogP contribution is 2.22. The van der Waals surface area contributed by atoms with Gasteiger partial charge in [0.05, 0.1) is 0 Å². The molecule has 0 heterocycles. The van der Waals surface area contributed by atoms with Gasteiger partial charge in [-0.1, -0.05) is 42.5 Å². The van der Waals surface area contributed by atoms with Crippen molar-refractivity contribution in [3.63, 3.8) is 0 Å². The topological polar surface area (TPSA) is 76.7 Å². The number of ether oxygens (including phenoxy) is 2. The Morgan fingerprint density at radius 3 is 2.24 bits per heavy atom. The molecule has 25 heavy (non-hydrogen) atoms. The second-order valence-electron chi connectivity index (χ2n) is 5.33. The normalized spacial score (nSPS) is 11.4. The summed E-state index contributed by atoms with van der Waals surface area (Å²) in [6.45, 7) is 3.72. The van der Waals surface area contributed by atoms with Gasteiger partial charge in [-0.25, -0.2) is 0 Å². The molecule has 0 aliphatic rings. The molecule has 0 radical (unpaired) electrons. The first-order valence-corrected chi connectivity index (χ1v) is 8.08. The van der Waals surface area contributed by atoms with Crippen LogP contribution in [-0.4, -0.2) is 31.1 Å². The first-order valence-electron chi connectivity index (χ1n) is 8.08. The van der Waals surface area contributed by atoms with E-state index in [1.165, 1.54) is 0 Å². The number of hydrazine groups is 1. The maximum absolute atomic E-state index is 11.9. The summed E-state index contributed by atoms with van der Waals surface area (Å²) in [5.41, 5.74) is 6.75. The average Bonchev–Trinajstić information content (AvgIpc) is 2.65. The molecule has 0 saturated heterocycles. The van der Waals surface area contributed by atoms with Gasteiger partial charge in [0, 0.05) is 6.61 Å². The molecule has 0 fully saturated rings. The predicted octanol–water partition coefficient (Wildman–Crippen LogP) is 2.30. The standard InChI is InChI=1S/C19H22N2O4/c1-3-24-13-18(22)20-21-19(23)14(2)25-17-11-9-16(10-12-17)15-7-5-4-6-8-15/h4-12,14H,3,13H2,1-2H3,(H,20,22)(H,21,23). The lowest BCUT2D eigenvalue weighted by molar-refractivity contribution is -0.134. The van der Waals surface area contributed by atoms with E-state index >= 15 is 0 Å². The Hall–Kier alpha value is -2.86. The summed E-state index contributed by atoms with van der Waals surface area (Å²) < 4.78 is 10.5. The second kappa shape index (κ2) is 9.44. The lowest BCUT2D eigenvalue weighted by Gasteiger charge is -2.15. The van der Waals surface area contributed by atoms with Crippen LogP contribution in [0.5, 0.6) is 5.75 Å². The number of hydrogen-bond donors (Lipinski definition) is 2. The van der Waals surface area contributed by atoms with E-state index in [0.717, 1.165) is 11.1 Å².